The fourth-order valence-corrected chi connectivity index (χ4v) is 3.88. The molecule has 0 fully saturated rings. The van der Waals surface area contributed by atoms with Gasteiger partial charge in [0.1, 0.15) is 6.04 Å². The molecule has 3 rings (SSSR count). The van der Waals surface area contributed by atoms with Gasteiger partial charge in [-0.3, -0.25) is 9.69 Å². The molecule has 0 saturated carbocycles. The number of thiophene rings is 1. The molecular weight excluding hydrogens is 324 g/mol. The normalized spacial score (nSPS) is 15.4. The number of carbonyl (C=O) groups is 2. The van der Waals surface area contributed by atoms with Crippen LogP contribution >= 0.6 is 11.3 Å². The van der Waals surface area contributed by atoms with Gasteiger partial charge in [0.2, 0.25) is 5.91 Å². The largest absolute Gasteiger partial charge is 0.468 e. The molecule has 6 heteroatoms. The minimum absolute atomic E-state index is 0.0726. The summed E-state index contributed by atoms with van der Waals surface area (Å²) >= 11 is 1.57. The molecule has 0 radical (unpaired) electrons. The van der Waals surface area contributed by atoms with Crippen molar-refractivity contribution in [3.8, 4) is 0 Å². The Morgan fingerprint density at radius 3 is 2.83 bits per heavy atom. The summed E-state index contributed by atoms with van der Waals surface area (Å²) in [7, 11) is 1.43. The van der Waals surface area contributed by atoms with E-state index in [0.717, 1.165) is 35.3 Å². The Labute approximate surface area is 145 Å². The zero-order valence-corrected chi connectivity index (χ0v) is 14.6. The summed E-state index contributed by atoms with van der Waals surface area (Å²) < 4.78 is 5.02. The van der Waals surface area contributed by atoms with E-state index in [9.17, 15) is 9.59 Å². The van der Waals surface area contributed by atoms with E-state index in [-0.39, 0.29) is 17.9 Å². The second-order valence-electron chi connectivity index (χ2n) is 5.83. The maximum Gasteiger partial charge on any atom is 0.327 e. The average molecular weight is 344 g/mol. The highest BCUT2D eigenvalue weighted by atomic mass is 32.1. The van der Waals surface area contributed by atoms with Crippen molar-refractivity contribution in [3.63, 3.8) is 0 Å². The van der Waals surface area contributed by atoms with Gasteiger partial charge in [-0.15, -0.1) is 0 Å². The molecule has 1 aromatic heterocycles. The molecule has 2 aromatic rings. The molecule has 2 heterocycles. The molecule has 1 unspecified atom stereocenters. The Morgan fingerprint density at radius 1 is 1.33 bits per heavy atom. The fraction of sp³-hybridized carbons (Fsp3) is 0.333. The first kappa shape index (κ1) is 16.7. The second kappa shape index (κ2) is 7.15. The highest BCUT2D eigenvalue weighted by Crippen LogP contribution is 2.32. The monoisotopic (exact) mass is 344 g/mol. The van der Waals surface area contributed by atoms with Crippen molar-refractivity contribution in [3.05, 3.63) is 51.7 Å². The Hall–Kier alpha value is -2.18. The number of benzene rings is 1. The van der Waals surface area contributed by atoms with Crippen LogP contribution in [0.3, 0.4) is 0 Å². The molecule has 1 atom stereocenters. The lowest BCUT2D eigenvalue weighted by Gasteiger charge is -2.34. The van der Waals surface area contributed by atoms with Crippen LogP contribution < -0.4 is 5.32 Å². The van der Waals surface area contributed by atoms with Crippen molar-refractivity contribution >= 4 is 28.9 Å². The van der Waals surface area contributed by atoms with Gasteiger partial charge < -0.3 is 10.1 Å². The Morgan fingerprint density at radius 2 is 2.17 bits per heavy atom. The fourth-order valence-electron chi connectivity index (χ4n) is 3.20. The lowest BCUT2D eigenvalue weighted by molar-refractivity contribution is -0.147. The average Bonchev–Trinajstić information content (AvgIpc) is 3.08. The van der Waals surface area contributed by atoms with E-state index in [1.807, 2.05) is 29.0 Å². The molecule has 1 N–H and O–H groups in total. The van der Waals surface area contributed by atoms with Crippen LogP contribution in [-0.4, -0.2) is 30.4 Å². The Kier molecular flexibility index (Phi) is 4.97. The summed E-state index contributed by atoms with van der Waals surface area (Å²) in [6.45, 7) is 2.90. The van der Waals surface area contributed by atoms with Gasteiger partial charge >= 0.3 is 5.97 Å². The third-order valence-electron chi connectivity index (χ3n) is 4.25. The van der Waals surface area contributed by atoms with Crippen LogP contribution in [0.5, 0.6) is 0 Å². The smallest absolute Gasteiger partial charge is 0.327 e. The third-order valence-corrected chi connectivity index (χ3v) is 4.96. The van der Waals surface area contributed by atoms with Gasteiger partial charge in [0.05, 0.1) is 7.11 Å². The lowest BCUT2D eigenvalue weighted by atomic mass is 9.95. The first-order chi connectivity index (χ1) is 11.6. The predicted molar refractivity (Wildman–Crippen MR) is 93.9 cm³/mol. The standard InChI is InChI=1S/C18H20N2O3S/c1-12(21)19-16-5-3-4-13-10-20(8-6-15(13)16)17(18(22)23-2)14-7-9-24-11-14/h3-5,7,9,11,17H,6,8,10H2,1-2H3,(H,19,21). The summed E-state index contributed by atoms with van der Waals surface area (Å²) in [5.41, 5.74) is 4.12. The van der Waals surface area contributed by atoms with Gasteiger partial charge in [-0.05, 0) is 46.0 Å². The maximum absolute atomic E-state index is 12.3. The summed E-state index contributed by atoms with van der Waals surface area (Å²) in [5, 5.41) is 6.85. The highest BCUT2D eigenvalue weighted by Gasteiger charge is 2.32. The SMILES string of the molecule is COC(=O)C(c1ccsc1)N1CCc2c(cccc2NC(C)=O)C1. The number of amides is 1. The highest BCUT2D eigenvalue weighted by molar-refractivity contribution is 7.08. The third kappa shape index (κ3) is 3.34. The van der Waals surface area contributed by atoms with Crippen LogP contribution in [0.2, 0.25) is 0 Å². The van der Waals surface area contributed by atoms with Crippen LogP contribution in [0.25, 0.3) is 0 Å². The van der Waals surface area contributed by atoms with Crippen LogP contribution in [0.1, 0.15) is 29.7 Å². The van der Waals surface area contributed by atoms with Crippen molar-refractivity contribution in [2.75, 3.05) is 19.0 Å². The maximum atomic E-state index is 12.3. The topological polar surface area (TPSA) is 58.6 Å². The van der Waals surface area contributed by atoms with Crippen LogP contribution in [0.15, 0.2) is 35.0 Å². The zero-order chi connectivity index (χ0) is 17.1. The Balaban J connectivity index is 1.88. The summed E-state index contributed by atoms with van der Waals surface area (Å²) in [6, 6.07) is 7.49. The van der Waals surface area contributed by atoms with Gasteiger partial charge in [0.15, 0.2) is 0 Å². The van der Waals surface area contributed by atoms with Crippen LogP contribution in [0.4, 0.5) is 5.69 Å². The Bertz CT molecular complexity index is 743. The first-order valence-electron chi connectivity index (χ1n) is 7.82. The van der Waals surface area contributed by atoms with E-state index in [1.165, 1.54) is 14.0 Å². The molecule has 24 heavy (non-hydrogen) atoms. The summed E-state index contributed by atoms with van der Waals surface area (Å²) in [4.78, 5) is 25.8. The molecule has 0 bridgehead atoms. The molecule has 1 aromatic carbocycles. The number of nitrogens with one attached hydrogen (secondary N) is 1. The predicted octanol–water partition coefficient (Wildman–Crippen LogP) is 2.98. The van der Waals surface area contributed by atoms with Gasteiger partial charge in [-0.1, -0.05) is 12.1 Å². The van der Waals surface area contributed by atoms with E-state index >= 15 is 0 Å². The second-order valence-corrected chi connectivity index (χ2v) is 6.61. The number of rotatable bonds is 4. The van der Waals surface area contributed by atoms with E-state index in [2.05, 4.69) is 16.3 Å². The molecule has 0 aliphatic carbocycles. The van der Waals surface area contributed by atoms with Crippen molar-refractivity contribution < 1.29 is 14.3 Å². The number of hydrogen-bond donors (Lipinski definition) is 1. The number of fused-ring (bicyclic) bond motifs is 1. The van der Waals surface area contributed by atoms with Crippen molar-refractivity contribution in [1.29, 1.82) is 0 Å². The van der Waals surface area contributed by atoms with Gasteiger partial charge in [0, 0.05) is 25.7 Å². The number of nitrogens with zero attached hydrogens (tertiary/aromatic N) is 1. The lowest BCUT2D eigenvalue weighted by Crippen LogP contribution is -2.38. The number of anilines is 1. The molecule has 1 aliphatic heterocycles. The molecule has 0 saturated heterocycles. The van der Waals surface area contributed by atoms with Gasteiger partial charge in [0.25, 0.3) is 0 Å². The van der Waals surface area contributed by atoms with Crippen molar-refractivity contribution in [2.24, 2.45) is 0 Å². The number of esters is 1. The number of methoxy groups -OCH3 is 1. The van der Waals surface area contributed by atoms with Gasteiger partial charge in [-0.25, -0.2) is 4.79 Å². The van der Waals surface area contributed by atoms with Crippen LogP contribution in [-0.2, 0) is 27.3 Å². The molecule has 5 nitrogen and oxygen atoms in total. The number of carbonyl (C=O) groups excluding carboxylic acids is 2. The molecule has 0 spiro atoms. The minimum Gasteiger partial charge on any atom is -0.468 e. The van der Waals surface area contributed by atoms with E-state index in [1.54, 1.807) is 11.3 Å². The van der Waals surface area contributed by atoms with Gasteiger partial charge in [-0.2, -0.15) is 11.3 Å². The summed E-state index contributed by atoms with van der Waals surface area (Å²) in [5.74, 6) is -0.314. The molecule has 1 aliphatic rings. The van der Waals surface area contributed by atoms with E-state index < -0.39 is 0 Å². The minimum atomic E-state index is -0.390. The van der Waals surface area contributed by atoms with E-state index in [0.29, 0.717) is 6.54 Å². The van der Waals surface area contributed by atoms with E-state index in [4.69, 9.17) is 4.74 Å². The first-order valence-corrected chi connectivity index (χ1v) is 8.76. The number of ether oxygens (including phenoxy) is 1. The quantitative estimate of drug-likeness (QED) is 0.867. The number of hydrogen-bond acceptors (Lipinski definition) is 5. The van der Waals surface area contributed by atoms with Crippen molar-refractivity contribution in [1.82, 2.24) is 4.90 Å². The zero-order valence-electron chi connectivity index (χ0n) is 13.7. The van der Waals surface area contributed by atoms with Crippen molar-refractivity contribution in [2.45, 2.75) is 25.9 Å². The molecule has 126 valence electrons. The molecule has 1 amide bonds. The molecular formula is C18H20N2O3S. The van der Waals surface area contributed by atoms with Crippen LogP contribution in [0, 0.1) is 0 Å². The summed E-state index contributed by atoms with van der Waals surface area (Å²) in [6.07, 6.45) is 0.781.